The molecule has 1 saturated carbocycles. The molecule has 1 aliphatic rings. The summed E-state index contributed by atoms with van der Waals surface area (Å²) in [4.78, 5) is 21.4. The van der Waals surface area contributed by atoms with E-state index < -0.39 is 22.8 Å². The Morgan fingerprint density at radius 1 is 1.24 bits per heavy atom. The third-order valence-corrected chi connectivity index (χ3v) is 6.09. The summed E-state index contributed by atoms with van der Waals surface area (Å²) in [6, 6.07) is 2.92. The van der Waals surface area contributed by atoms with Crippen molar-refractivity contribution in [3.05, 3.63) is 34.4 Å². The number of hydrogen-bond donors (Lipinski definition) is 1. The summed E-state index contributed by atoms with van der Waals surface area (Å²) in [6.07, 6.45) is 2.87. The average molecular weight is 424 g/mol. The molecule has 10 heteroatoms. The Morgan fingerprint density at radius 2 is 2.00 bits per heavy atom. The molecule has 0 radical (unpaired) electrons. The highest BCUT2D eigenvalue weighted by Crippen LogP contribution is 2.35. The second-order valence-electron chi connectivity index (χ2n) is 7.27. The van der Waals surface area contributed by atoms with Crippen molar-refractivity contribution in [3.63, 3.8) is 0 Å². The molecule has 0 amide bonds. The maximum atomic E-state index is 13.3. The molecule has 3 heterocycles. The minimum atomic E-state index is -4.74. The van der Waals surface area contributed by atoms with Gasteiger partial charge in [0.15, 0.2) is 16.3 Å². The van der Waals surface area contributed by atoms with E-state index in [-0.39, 0.29) is 28.6 Å². The predicted molar refractivity (Wildman–Crippen MR) is 103 cm³/mol. The van der Waals surface area contributed by atoms with Crippen LogP contribution in [-0.4, -0.2) is 24.0 Å². The first-order chi connectivity index (χ1) is 13.9. The number of halogens is 3. The lowest BCUT2D eigenvalue weighted by molar-refractivity contribution is -0.139. The fourth-order valence-electron chi connectivity index (χ4n) is 3.88. The fraction of sp³-hybridized carbons (Fsp3) is 0.474. The molecule has 0 aliphatic heterocycles. The Bertz CT molecular complexity index is 1090. The highest BCUT2D eigenvalue weighted by Gasteiger charge is 2.38. The van der Waals surface area contributed by atoms with Crippen molar-refractivity contribution < 1.29 is 18.3 Å². The molecule has 3 aromatic heterocycles. The third-order valence-electron chi connectivity index (χ3n) is 5.35. The van der Waals surface area contributed by atoms with Crippen LogP contribution in [0.4, 0.5) is 13.2 Å². The van der Waals surface area contributed by atoms with Crippen LogP contribution in [0.2, 0.25) is 0 Å². The van der Waals surface area contributed by atoms with Crippen molar-refractivity contribution in [2.75, 3.05) is 0 Å². The Labute approximate surface area is 168 Å². The van der Waals surface area contributed by atoms with E-state index in [0.29, 0.717) is 23.9 Å². The number of aromatic hydroxyl groups is 1. The molecular weight excluding hydrogens is 405 g/mol. The van der Waals surface area contributed by atoms with Crippen LogP contribution in [0.5, 0.6) is 5.75 Å². The van der Waals surface area contributed by atoms with Crippen LogP contribution < -0.4 is 5.56 Å². The summed E-state index contributed by atoms with van der Waals surface area (Å²) in [5.41, 5.74) is -1.94. The van der Waals surface area contributed by atoms with Gasteiger partial charge in [0.2, 0.25) is 0 Å². The van der Waals surface area contributed by atoms with E-state index in [0.717, 1.165) is 25.7 Å². The molecule has 4 rings (SSSR count). The molecule has 154 valence electrons. The zero-order valence-electron chi connectivity index (χ0n) is 15.4. The topological polar surface area (TPSA) is 80.9 Å². The van der Waals surface area contributed by atoms with Gasteiger partial charge in [-0.25, -0.2) is 9.97 Å². The average Bonchev–Trinajstić information content (AvgIpc) is 3.13. The van der Waals surface area contributed by atoms with Gasteiger partial charge < -0.3 is 5.11 Å². The quantitative estimate of drug-likeness (QED) is 0.662. The first-order valence-corrected chi connectivity index (χ1v) is 10.3. The number of pyridine rings is 1. The van der Waals surface area contributed by atoms with Crippen LogP contribution in [0.15, 0.2) is 23.1 Å². The maximum absolute atomic E-state index is 13.3. The van der Waals surface area contributed by atoms with Crippen LogP contribution in [0, 0.1) is 5.92 Å². The summed E-state index contributed by atoms with van der Waals surface area (Å²) in [7, 11) is 0. The SMILES string of the molecule is O=c1c2c(C(F)(F)F)nsc2nc(-c2ncccc2O)n1CCC1CCCCC1. The molecular formula is C19H19F3N4O2S. The Hall–Kier alpha value is -2.49. The van der Waals surface area contributed by atoms with E-state index in [1.807, 2.05) is 0 Å². The minimum absolute atomic E-state index is 0.0637. The number of fused-ring (bicyclic) bond motifs is 1. The van der Waals surface area contributed by atoms with Gasteiger partial charge in [-0.2, -0.15) is 17.5 Å². The van der Waals surface area contributed by atoms with Gasteiger partial charge in [0.05, 0.1) is 0 Å². The molecule has 0 aromatic carbocycles. The Kier molecular flexibility index (Phi) is 5.28. The van der Waals surface area contributed by atoms with Crippen LogP contribution in [0.25, 0.3) is 21.7 Å². The van der Waals surface area contributed by atoms with Crippen molar-refractivity contribution in [1.82, 2.24) is 18.9 Å². The number of rotatable bonds is 4. The molecule has 0 bridgehead atoms. The number of hydrogen-bond acceptors (Lipinski definition) is 6. The molecule has 6 nitrogen and oxygen atoms in total. The monoisotopic (exact) mass is 424 g/mol. The van der Waals surface area contributed by atoms with Crippen LogP contribution >= 0.6 is 11.5 Å². The Balaban J connectivity index is 1.86. The van der Waals surface area contributed by atoms with Crippen molar-refractivity contribution in [3.8, 4) is 17.3 Å². The molecule has 29 heavy (non-hydrogen) atoms. The number of aromatic nitrogens is 4. The molecule has 1 aliphatic carbocycles. The fourth-order valence-corrected chi connectivity index (χ4v) is 4.65. The lowest BCUT2D eigenvalue weighted by atomic mass is 9.87. The number of nitrogens with zero attached hydrogens (tertiary/aromatic N) is 4. The highest BCUT2D eigenvalue weighted by molar-refractivity contribution is 7.12. The zero-order valence-corrected chi connectivity index (χ0v) is 16.3. The summed E-state index contributed by atoms with van der Waals surface area (Å²) >= 11 is 0.521. The van der Waals surface area contributed by atoms with Crippen molar-refractivity contribution in [1.29, 1.82) is 0 Å². The zero-order chi connectivity index (χ0) is 20.6. The molecule has 0 saturated heterocycles. The largest absolute Gasteiger partial charge is 0.506 e. The molecule has 1 N–H and O–H groups in total. The second kappa shape index (κ2) is 7.74. The lowest BCUT2D eigenvalue weighted by Crippen LogP contribution is -2.26. The van der Waals surface area contributed by atoms with Gasteiger partial charge in [0.25, 0.3) is 5.56 Å². The molecule has 3 aromatic rings. The van der Waals surface area contributed by atoms with E-state index in [9.17, 15) is 23.1 Å². The standard InChI is InChI=1S/C19H19F3N4O2S/c20-19(21,22)15-13-17(29-25-15)24-16(14-12(27)7-4-9-23-14)26(18(13)28)10-8-11-5-2-1-3-6-11/h4,7,9,11,27H,1-3,5-6,8,10H2. The van der Waals surface area contributed by atoms with Crippen molar-refractivity contribution in [2.24, 2.45) is 5.92 Å². The second-order valence-corrected chi connectivity index (χ2v) is 8.02. The first-order valence-electron chi connectivity index (χ1n) is 9.48. The first kappa shape index (κ1) is 19.8. The summed E-state index contributed by atoms with van der Waals surface area (Å²) < 4.78 is 44.7. The third kappa shape index (κ3) is 3.85. The minimum Gasteiger partial charge on any atom is -0.506 e. The summed E-state index contributed by atoms with van der Waals surface area (Å²) in [5, 5.41) is 9.67. The smallest absolute Gasteiger partial charge is 0.435 e. The van der Waals surface area contributed by atoms with E-state index in [2.05, 4.69) is 14.3 Å². The molecule has 0 atom stereocenters. The maximum Gasteiger partial charge on any atom is 0.435 e. The van der Waals surface area contributed by atoms with Crippen LogP contribution in [0.1, 0.15) is 44.2 Å². The van der Waals surface area contributed by atoms with Crippen molar-refractivity contribution in [2.45, 2.75) is 51.2 Å². The molecule has 0 unspecified atom stereocenters. The van der Waals surface area contributed by atoms with E-state index in [1.165, 1.54) is 29.3 Å². The van der Waals surface area contributed by atoms with E-state index in [4.69, 9.17) is 0 Å². The van der Waals surface area contributed by atoms with Gasteiger partial charge in [0.1, 0.15) is 16.8 Å². The van der Waals surface area contributed by atoms with Gasteiger partial charge >= 0.3 is 6.18 Å². The van der Waals surface area contributed by atoms with E-state index >= 15 is 0 Å². The summed E-state index contributed by atoms with van der Waals surface area (Å²) in [6.45, 7) is 0.213. The van der Waals surface area contributed by atoms with Gasteiger partial charge in [-0.3, -0.25) is 9.36 Å². The Morgan fingerprint density at radius 3 is 2.69 bits per heavy atom. The van der Waals surface area contributed by atoms with Crippen LogP contribution in [0.3, 0.4) is 0 Å². The van der Waals surface area contributed by atoms with Crippen LogP contribution in [-0.2, 0) is 12.7 Å². The van der Waals surface area contributed by atoms with E-state index in [1.54, 1.807) is 0 Å². The predicted octanol–water partition coefficient (Wildman–Crippen LogP) is 4.61. The lowest BCUT2D eigenvalue weighted by Gasteiger charge is -2.22. The normalized spacial score (nSPS) is 15.8. The van der Waals surface area contributed by atoms with Crippen molar-refractivity contribution >= 4 is 21.7 Å². The summed E-state index contributed by atoms with van der Waals surface area (Å²) in [5.74, 6) is 0.290. The van der Waals surface area contributed by atoms with Gasteiger partial charge in [-0.1, -0.05) is 32.1 Å². The highest BCUT2D eigenvalue weighted by atomic mass is 32.1. The molecule has 0 spiro atoms. The molecule has 1 fully saturated rings. The number of alkyl halides is 3. The van der Waals surface area contributed by atoms with Gasteiger partial charge in [0, 0.05) is 12.7 Å². The van der Waals surface area contributed by atoms with Gasteiger partial charge in [-0.05, 0) is 36.0 Å². The van der Waals surface area contributed by atoms with Gasteiger partial charge in [-0.15, -0.1) is 0 Å².